The second-order valence-corrected chi connectivity index (χ2v) is 3.94. The van der Waals surface area contributed by atoms with Gasteiger partial charge in [-0.2, -0.15) is 0 Å². The van der Waals surface area contributed by atoms with Crippen LogP contribution in [0.2, 0.25) is 0 Å². The van der Waals surface area contributed by atoms with Gasteiger partial charge in [0, 0.05) is 0 Å². The predicted molar refractivity (Wildman–Crippen MR) is 71.3 cm³/mol. The van der Waals surface area contributed by atoms with Crippen molar-refractivity contribution in [1.82, 2.24) is 5.32 Å². The van der Waals surface area contributed by atoms with E-state index in [1.54, 1.807) is 6.92 Å². The van der Waals surface area contributed by atoms with Crippen LogP contribution < -0.4 is 16.8 Å². The number of nitrogens with two attached hydrogens (primary N) is 2. The van der Waals surface area contributed by atoms with Gasteiger partial charge in [0.15, 0.2) is 0 Å². The fourth-order valence-corrected chi connectivity index (χ4v) is 1.07. The first-order valence-electron chi connectivity index (χ1n) is 6.12. The maximum Gasteiger partial charge on any atom is 0.320 e. The molecule has 0 aliphatic carbocycles. The molecule has 1 rings (SSSR count). The fourth-order valence-electron chi connectivity index (χ4n) is 1.07. The zero-order valence-electron chi connectivity index (χ0n) is 11.4. The molecule has 0 aromatic heterocycles. The van der Waals surface area contributed by atoms with Crippen molar-refractivity contribution in [3.63, 3.8) is 0 Å². The Morgan fingerprint density at radius 3 is 1.90 bits per heavy atom. The summed E-state index contributed by atoms with van der Waals surface area (Å²) in [4.78, 5) is 29.2. The molecular weight excluding hydrogens is 270 g/mol. The van der Waals surface area contributed by atoms with Gasteiger partial charge in [0.25, 0.3) is 0 Å². The fraction of sp³-hybridized carbons (Fsp3) is 0.727. The summed E-state index contributed by atoms with van der Waals surface area (Å²) in [5, 5.41) is 26.9. The molecule has 1 fully saturated rings. The van der Waals surface area contributed by atoms with Crippen molar-refractivity contribution in [3.8, 4) is 0 Å². The van der Waals surface area contributed by atoms with Crippen LogP contribution in [-0.4, -0.2) is 58.4 Å². The van der Waals surface area contributed by atoms with Crippen LogP contribution in [-0.2, 0) is 14.4 Å². The lowest BCUT2D eigenvalue weighted by molar-refractivity contribution is -0.139. The van der Waals surface area contributed by atoms with Gasteiger partial charge in [-0.15, -0.1) is 0 Å². The van der Waals surface area contributed by atoms with E-state index in [1.807, 2.05) is 0 Å². The monoisotopic (exact) mass is 293 g/mol. The third kappa shape index (κ3) is 12.7. The van der Waals surface area contributed by atoms with E-state index in [0.717, 1.165) is 19.4 Å². The largest absolute Gasteiger partial charge is 0.480 e. The Morgan fingerprint density at radius 2 is 1.80 bits per heavy atom. The van der Waals surface area contributed by atoms with E-state index >= 15 is 0 Å². The number of carbonyl (C=O) groups is 3. The number of rotatable bonds is 4. The maximum atomic E-state index is 10.1. The molecule has 2 atom stereocenters. The Hall–Kier alpha value is -1.71. The van der Waals surface area contributed by atoms with E-state index in [2.05, 4.69) is 11.1 Å². The van der Waals surface area contributed by atoms with Crippen LogP contribution >= 0.6 is 0 Å². The second kappa shape index (κ2) is 12.3. The van der Waals surface area contributed by atoms with Crippen LogP contribution in [0.4, 0.5) is 0 Å². The number of carboxylic acid groups (broad SMARTS) is 3. The van der Waals surface area contributed by atoms with Crippen molar-refractivity contribution in [2.24, 2.45) is 11.5 Å². The Bertz CT molecular complexity index is 305. The number of hydrogen-bond donors (Lipinski definition) is 6. The molecule has 9 heteroatoms. The number of carboxylic acids is 3. The first-order chi connectivity index (χ1) is 9.26. The summed E-state index contributed by atoms with van der Waals surface area (Å²) in [5.41, 5.74) is 9.59. The Kier molecular flexibility index (Phi) is 12.7. The summed E-state index contributed by atoms with van der Waals surface area (Å²) in [5.74, 6) is -2.62. The van der Waals surface area contributed by atoms with E-state index in [0.29, 0.717) is 6.42 Å². The predicted octanol–water partition coefficient (Wildman–Crippen LogP) is -1.34. The average molecular weight is 293 g/mol. The highest BCUT2D eigenvalue weighted by molar-refractivity contribution is 5.73. The molecule has 1 heterocycles. The molecule has 0 radical (unpaired) electrons. The molecule has 2 unspecified atom stereocenters. The summed E-state index contributed by atoms with van der Waals surface area (Å²) in [7, 11) is 0. The standard InChI is InChI=1S/C5H9NO2.C4H9NO2.C2H5NO2/c7-5(8)4-2-1-3-6-4;1-2-3(5)4(6)7;3-1-2(4)5/h4,6H,1-3H2,(H,7,8);3H,2,5H2,1H3,(H,6,7);1,3H2,(H,4,5). The van der Waals surface area contributed by atoms with Crippen LogP contribution in [0.1, 0.15) is 26.2 Å². The summed E-state index contributed by atoms with van der Waals surface area (Å²) in [6.07, 6.45) is 2.28. The molecule has 1 saturated heterocycles. The molecule has 0 aromatic rings. The molecule has 1 aliphatic rings. The van der Waals surface area contributed by atoms with E-state index < -0.39 is 23.9 Å². The zero-order chi connectivity index (χ0) is 16.1. The lowest BCUT2D eigenvalue weighted by Crippen LogP contribution is -2.29. The molecule has 20 heavy (non-hydrogen) atoms. The molecule has 8 N–H and O–H groups in total. The summed E-state index contributed by atoms with van der Waals surface area (Å²) < 4.78 is 0. The third-order valence-electron chi connectivity index (χ3n) is 2.29. The maximum absolute atomic E-state index is 10.1. The van der Waals surface area contributed by atoms with E-state index in [1.165, 1.54) is 0 Å². The first kappa shape index (κ1) is 20.6. The van der Waals surface area contributed by atoms with Crippen molar-refractivity contribution in [1.29, 1.82) is 0 Å². The minimum Gasteiger partial charge on any atom is -0.480 e. The molecular formula is C11H23N3O6. The van der Waals surface area contributed by atoms with Gasteiger partial charge in [-0.3, -0.25) is 14.4 Å². The molecule has 118 valence electrons. The second-order valence-electron chi connectivity index (χ2n) is 3.94. The summed E-state index contributed by atoms with van der Waals surface area (Å²) in [6, 6.07) is -0.949. The molecule has 0 spiro atoms. The van der Waals surface area contributed by atoms with E-state index in [4.69, 9.17) is 21.1 Å². The minimum absolute atomic E-state index is 0.269. The van der Waals surface area contributed by atoms with Gasteiger partial charge in [-0.25, -0.2) is 0 Å². The van der Waals surface area contributed by atoms with Gasteiger partial charge in [0.2, 0.25) is 0 Å². The Balaban J connectivity index is 0. The number of hydrogen-bond acceptors (Lipinski definition) is 6. The normalized spacial score (nSPS) is 17.9. The molecule has 0 saturated carbocycles. The quantitative estimate of drug-likeness (QED) is 0.366. The molecule has 0 aromatic carbocycles. The molecule has 0 bridgehead atoms. The van der Waals surface area contributed by atoms with Crippen LogP contribution in [0.25, 0.3) is 0 Å². The van der Waals surface area contributed by atoms with Crippen LogP contribution in [0.3, 0.4) is 0 Å². The Morgan fingerprint density at radius 1 is 1.30 bits per heavy atom. The van der Waals surface area contributed by atoms with Crippen molar-refractivity contribution < 1.29 is 29.7 Å². The van der Waals surface area contributed by atoms with Gasteiger partial charge in [0.1, 0.15) is 12.1 Å². The summed E-state index contributed by atoms with van der Waals surface area (Å²) >= 11 is 0. The lowest BCUT2D eigenvalue weighted by Gasteiger charge is -1.99. The number of aliphatic carboxylic acids is 3. The van der Waals surface area contributed by atoms with Gasteiger partial charge < -0.3 is 32.1 Å². The zero-order valence-corrected chi connectivity index (χ0v) is 11.4. The first-order valence-corrected chi connectivity index (χ1v) is 6.12. The highest BCUT2D eigenvalue weighted by atomic mass is 16.4. The van der Waals surface area contributed by atoms with E-state index in [-0.39, 0.29) is 12.6 Å². The van der Waals surface area contributed by atoms with Crippen LogP contribution in [0, 0.1) is 0 Å². The summed E-state index contributed by atoms with van der Waals surface area (Å²) in [6.45, 7) is 2.32. The average Bonchev–Trinajstić information content (AvgIpc) is 2.93. The minimum atomic E-state index is -0.968. The Labute approximate surface area is 116 Å². The highest BCUT2D eigenvalue weighted by Gasteiger charge is 2.20. The molecule has 0 amide bonds. The topological polar surface area (TPSA) is 176 Å². The van der Waals surface area contributed by atoms with E-state index in [9.17, 15) is 14.4 Å². The van der Waals surface area contributed by atoms with Gasteiger partial charge in [-0.1, -0.05) is 6.92 Å². The van der Waals surface area contributed by atoms with Crippen LogP contribution in [0.15, 0.2) is 0 Å². The van der Waals surface area contributed by atoms with Crippen molar-refractivity contribution >= 4 is 17.9 Å². The molecule has 9 nitrogen and oxygen atoms in total. The smallest absolute Gasteiger partial charge is 0.320 e. The van der Waals surface area contributed by atoms with Crippen molar-refractivity contribution in [3.05, 3.63) is 0 Å². The third-order valence-corrected chi connectivity index (χ3v) is 2.29. The van der Waals surface area contributed by atoms with Crippen molar-refractivity contribution in [2.75, 3.05) is 13.1 Å². The van der Waals surface area contributed by atoms with Gasteiger partial charge in [0.05, 0.1) is 6.54 Å². The van der Waals surface area contributed by atoms with Crippen LogP contribution in [0.5, 0.6) is 0 Å². The van der Waals surface area contributed by atoms with Gasteiger partial charge >= 0.3 is 17.9 Å². The van der Waals surface area contributed by atoms with Gasteiger partial charge in [-0.05, 0) is 25.8 Å². The molecule has 1 aliphatic heterocycles. The highest BCUT2D eigenvalue weighted by Crippen LogP contribution is 2.03. The SMILES string of the molecule is CCC(N)C(=O)O.NCC(=O)O.O=C(O)C1CCCN1. The number of nitrogens with one attached hydrogen (secondary N) is 1. The van der Waals surface area contributed by atoms with Crippen molar-refractivity contribution in [2.45, 2.75) is 38.3 Å². The lowest BCUT2D eigenvalue weighted by atomic mass is 10.2.